The Hall–Kier alpha value is -3.30. The summed E-state index contributed by atoms with van der Waals surface area (Å²) in [7, 11) is 1.68. The van der Waals surface area contributed by atoms with Gasteiger partial charge >= 0.3 is 0 Å². The lowest BCUT2D eigenvalue weighted by atomic mass is 9.99. The Bertz CT molecular complexity index is 1100. The lowest BCUT2D eigenvalue weighted by molar-refractivity contribution is -0.384. The van der Waals surface area contributed by atoms with Crippen LogP contribution in [-0.2, 0) is 30.7 Å². The number of thiazole rings is 1. The zero-order chi connectivity index (χ0) is 21.8. The number of nitrogens with zero attached hydrogens (tertiary/aromatic N) is 3. The molecular weight excluding hydrogens is 416 g/mol. The van der Waals surface area contributed by atoms with Crippen LogP contribution in [0.1, 0.15) is 22.4 Å². The first-order valence-corrected chi connectivity index (χ1v) is 10.7. The summed E-state index contributed by atoms with van der Waals surface area (Å²) in [6.45, 7) is 2.53. The van der Waals surface area contributed by atoms with E-state index in [-0.39, 0.29) is 18.0 Å². The summed E-state index contributed by atoms with van der Waals surface area (Å²) >= 11 is 1.40. The number of fused-ring (bicyclic) bond motifs is 1. The molecule has 0 atom stereocenters. The van der Waals surface area contributed by atoms with Gasteiger partial charge in [0.1, 0.15) is 5.75 Å². The maximum atomic E-state index is 12.3. The van der Waals surface area contributed by atoms with Crippen molar-refractivity contribution in [2.24, 2.45) is 0 Å². The third kappa shape index (κ3) is 5.25. The standard InChI is InChI=1S/C22H22N4O4S/c1-30-20-7-4-17-12-25(9-8-16(17)11-20)13-18-14-31-22(23-18)24-21(27)10-15-2-5-19(6-3-15)26(28)29/h2-7,11,14H,8-10,12-13H2,1H3,(H,23,24,27). The molecule has 1 aliphatic rings. The summed E-state index contributed by atoms with van der Waals surface area (Å²) in [5.41, 5.74) is 4.27. The first-order chi connectivity index (χ1) is 15.0. The van der Waals surface area contributed by atoms with Crippen LogP contribution in [0.3, 0.4) is 0 Å². The average Bonchev–Trinajstić information content (AvgIpc) is 3.20. The van der Waals surface area contributed by atoms with Crippen LogP contribution in [0.2, 0.25) is 0 Å². The zero-order valence-electron chi connectivity index (χ0n) is 17.0. The van der Waals surface area contributed by atoms with Crippen LogP contribution in [-0.4, -0.2) is 34.4 Å². The van der Waals surface area contributed by atoms with E-state index in [1.807, 2.05) is 11.4 Å². The molecule has 4 rings (SSSR count). The molecule has 0 fully saturated rings. The third-order valence-electron chi connectivity index (χ3n) is 5.20. The van der Waals surface area contributed by atoms with E-state index in [2.05, 4.69) is 27.3 Å². The highest BCUT2D eigenvalue weighted by Gasteiger charge is 2.18. The van der Waals surface area contributed by atoms with Crippen molar-refractivity contribution < 1.29 is 14.5 Å². The summed E-state index contributed by atoms with van der Waals surface area (Å²) in [6, 6.07) is 12.2. The molecule has 2 heterocycles. The number of carbonyl (C=O) groups is 1. The molecule has 31 heavy (non-hydrogen) atoms. The molecule has 0 saturated heterocycles. The molecule has 8 nitrogen and oxygen atoms in total. The molecule has 0 spiro atoms. The fourth-order valence-corrected chi connectivity index (χ4v) is 4.32. The molecule has 2 aromatic carbocycles. The van der Waals surface area contributed by atoms with Crippen LogP contribution >= 0.6 is 11.3 Å². The van der Waals surface area contributed by atoms with Crippen molar-refractivity contribution >= 4 is 28.1 Å². The number of ether oxygens (including phenoxy) is 1. The number of non-ortho nitro benzene ring substituents is 1. The van der Waals surface area contributed by atoms with E-state index < -0.39 is 4.92 Å². The number of methoxy groups -OCH3 is 1. The lowest BCUT2D eigenvalue weighted by Crippen LogP contribution is -2.30. The van der Waals surface area contributed by atoms with Crippen LogP contribution < -0.4 is 10.1 Å². The summed E-state index contributed by atoms with van der Waals surface area (Å²) in [6.07, 6.45) is 1.11. The number of aromatic nitrogens is 1. The number of hydrogen-bond acceptors (Lipinski definition) is 7. The molecule has 0 unspecified atom stereocenters. The Labute approximate surface area is 183 Å². The fraction of sp³-hybridized carbons (Fsp3) is 0.273. The van der Waals surface area contributed by atoms with Gasteiger partial charge in [0.05, 0.1) is 24.1 Å². The van der Waals surface area contributed by atoms with Crippen LogP contribution in [0.5, 0.6) is 5.75 Å². The second-order valence-electron chi connectivity index (χ2n) is 7.39. The van der Waals surface area contributed by atoms with E-state index in [9.17, 15) is 14.9 Å². The van der Waals surface area contributed by atoms with E-state index >= 15 is 0 Å². The number of nitro benzene ring substituents is 1. The van der Waals surface area contributed by atoms with Gasteiger partial charge in [-0.1, -0.05) is 18.2 Å². The zero-order valence-corrected chi connectivity index (χ0v) is 17.9. The van der Waals surface area contributed by atoms with E-state index in [4.69, 9.17) is 4.74 Å². The number of anilines is 1. The molecule has 1 aliphatic heterocycles. The molecule has 0 aliphatic carbocycles. The molecule has 1 N–H and O–H groups in total. The van der Waals surface area contributed by atoms with Crippen molar-refractivity contribution in [3.05, 3.63) is 80.3 Å². The first kappa shape index (κ1) is 21.0. The Morgan fingerprint density at radius 2 is 2.06 bits per heavy atom. The van der Waals surface area contributed by atoms with Crippen LogP contribution in [0.15, 0.2) is 47.8 Å². The maximum Gasteiger partial charge on any atom is 0.269 e. The summed E-state index contributed by atoms with van der Waals surface area (Å²) in [5, 5.41) is 16.1. The quantitative estimate of drug-likeness (QED) is 0.445. The van der Waals surface area contributed by atoms with Gasteiger partial charge in [-0.05, 0) is 35.2 Å². The number of benzene rings is 2. The van der Waals surface area contributed by atoms with E-state index in [0.29, 0.717) is 10.7 Å². The number of amides is 1. The molecule has 0 radical (unpaired) electrons. The SMILES string of the molecule is COc1ccc2c(c1)CCN(Cc1csc(NC(=O)Cc3ccc([N+](=O)[O-])cc3)n1)C2. The third-order valence-corrected chi connectivity index (χ3v) is 6.01. The number of rotatable bonds is 7. The van der Waals surface area contributed by atoms with Crippen molar-refractivity contribution in [3.8, 4) is 5.75 Å². The van der Waals surface area contributed by atoms with Crippen molar-refractivity contribution in [1.29, 1.82) is 0 Å². The normalized spacial score (nSPS) is 13.5. The van der Waals surface area contributed by atoms with Crippen molar-refractivity contribution in [3.63, 3.8) is 0 Å². The minimum Gasteiger partial charge on any atom is -0.497 e. The summed E-state index contributed by atoms with van der Waals surface area (Å²) in [5.74, 6) is 0.691. The Morgan fingerprint density at radius 3 is 2.81 bits per heavy atom. The van der Waals surface area contributed by atoms with Gasteiger partial charge in [-0.2, -0.15) is 0 Å². The highest BCUT2D eigenvalue weighted by Crippen LogP contribution is 2.25. The minimum absolute atomic E-state index is 0.00759. The van der Waals surface area contributed by atoms with E-state index in [0.717, 1.165) is 37.5 Å². The molecule has 1 aromatic heterocycles. The highest BCUT2D eigenvalue weighted by molar-refractivity contribution is 7.13. The smallest absolute Gasteiger partial charge is 0.269 e. The van der Waals surface area contributed by atoms with E-state index in [1.165, 1.54) is 34.6 Å². The fourth-order valence-electron chi connectivity index (χ4n) is 3.60. The lowest BCUT2D eigenvalue weighted by Gasteiger charge is -2.28. The Kier molecular flexibility index (Phi) is 6.24. The van der Waals surface area contributed by atoms with Crippen molar-refractivity contribution in [2.45, 2.75) is 25.9 Å². The van der Waals surface area contributed by atoms with Gasteiger partial charge in [-0.3, -0.25) is 19.8 Å². The Morgan fingerprint density at radius 1 is 1.26 bits per heavy atom. The molecule has 1 amide bonds. The van der Waals surface area contributed by atoms with Crippen LogP contribution in [0, 0.1) is 10.1 Å². The number of carbonyl (C=O) groups excluding carboxylic acids is 1. The minimum atomic E-state index is -0.460. The summed E-state index contributed by atoms with van der Waals surface area (Å²) < 4.78 is 5.31. The molecule has 3 aromatic rings. The van der Waals surface area contributed by atoms with Crippen molar-refractivity contribution in [1.82, 2.24) is 9.88 Å². The predicted octanol–water partition coefficient (Wildman–Crippen LogP) is 3.80. The molecular formula is C22H22N4O4S. The average molecular weight is 439 g/mol. The topological polar surface area (TPSA) is 97.6 Å². The van der Waals surface area contributed by atoms with Gasteiger partial charge in [0, 0.05) is 37.1 Å². The predicted molar refractivity (Wildman–Crippen MR) is 118 cm³/mol. The largest absolute Gasteiger partial charge is 0.497 e. The first-order valence-electron chi connectivity index (χ1n) is 9.86. The van der Waals surface area contributed by atoms with Gasteiger partial charge < -0.3 is 10.1 Å². The molecule has 9 heteroatoms. The maximum absolute atomic E-state index is 12.3. The van der Waals surface area contributed by atoms with E-state index in [1.54, 1.807) is 19.2 Å². The van der Waals surface area contributed by atoms with Crippen LogP contribution in [0.4, 0.5) is 10.8 Å². The van der Waals surface area contributed by atoms with Crippen molar-refractivity contribution in [2.75, 3.05) is 19.0 Å². The second-order valence-corrected chi connectivity index (χ2v) is 8.25. The number of nitrogens with one attached hydrogen (secondary N) is 1. The molecule has 0 saturated carbocycles. The van der Waals surface area contributed by atoms with Gasteiger partial charge in [0.15, 0.2) is 5.13 Å². The second kappa shape index (κ2) is 9.23. The number of nitro groups is 1. The van der Waals surface area contributed by atoms with Gasteiger partial charge in [0.25, 0.3) is 5.69 Å². The van der Waals surface area contributed by atoms with Crippen LogP contribution in [0.25, 0.3) is 0 Å². The summed E-state index contributed by atoms with van der Waals surface area (Å²) in [4.78, 5) is 29.4. The van der Waals surface area contributed by atoms with Gasteiger partial charge in [-0.25, -0.2) is 4.98 Å². The Balaban J connectivity index is 1.31. The number of hydrogen-bond donors (Lipinski definition) is 1. The van der Waals surface area contributed by atoms with Gasteiger partial charge in [-0.15, -0.1) is 11.3 Å². The molecule has 0 bridgehead atoms. The molecule has 160 valence electrons. The van der Waals surface area contributed by atoms with Gasteiger partial charge in [0.2, 0.25) is 5.91 Å². The highest BCUT2D eigenvalue weighted by atomic mass is 32.1. The monoisotopic (exact) mass is 438 g/mol.